The zero-order valence-corrected chi connectivity index (χ0v) is 11.7. The lowest BCUT2D eigenvalue weighted by Crippen LogP contribution is -2.28. The molecule has 4 nitrogen and oxygen atoms in total. The summed E-state index contributed by atoms with van der Waals surface area (Å²) < 4.78 is 11.1. The number of ether oxygens (including phenoxy) is 2. The van der Waals surface area contributed by atoms with Crippen LogP contribution >= 0.6 is 0 Å². The first kappa shape index (κ1) is 15.3. The van der Waals surface area contributed by atoms with E-state index in [2.05, 4.69) is 18.3 Å². The predicted octanol–water partition coefficient (Wildman–Crippen LogP) is 2.75. The zero-order valence-electron chi connectivity index (χ0n) is 11.7. The third-order valence-electron chi connectivity index (χ3n) is 2.58. The molecule has 0 heterocycles. The Balaban J connectivity index is 2.31. The van der Waals surface area contributed by atoms with Crippen LogP contribution in [0.2, 0.25) is 0 Å². The molecule has 0 aliphatic carbocycles. The molecule has 0 aromatic heterocycles. The highest BCUT2D eigenvalue weighted by Crippen LogP contribution is 2.17. The monoisotopic (exact) mass is 262 g/mol. The molecule has 1 atom stereocenters. The highest BCUT2D eigenvalue weighted by Gasteiger charge is 2.05. The molecule has 0 amide bonds. The van der Waals surface area contributed by atoms with Crippen molar-refractivity contribution in [1.82, 2.24) is 5.32 Å². The molecule has 1 rings (SSSR count). The lowest BCUT2D eigenvalue weighted by atomic mass is 10.2. The molecule has 1 aromatic rings. The first-order chi connectivity index (χ1) is 9.30. The maximum absolute atomic E-state index is 8.89. The second kappa shape index (κ2) is 9.23. The van der Waals surface area contributed by atoms with E-state index in [1.807, 2.05) is 31.2 Å². The lowest BCUT2D eigenvalue weighted by molar-refractivity contribution is 0.295. The van der Waals surface area contributed by atoms with Gasteiger partial charge in [0.25, 0.3) is 0 Å². The van der Waals surface area contributed by atoms with E-state index in [4.69, 9.17) is 14.7 Å². The number of nitrogens with zero attached hydrogens (tertiary/aromatic N) is 1. The quantitative estimate of drug-likeness (QED) is 0.743. The molecular formula is C15H22N2O2. The summed E-state index contributed by atoms with van der Waals surface area (Å²) in [6.07, 6.45) is 1.68. The molecular weight excluding hydrogens is 240 g/mol. The maximum Gasteiger partial charge on any atom is 0.119 e. The SMILES string of the molecule is CCCOc1ccc(OCCC(C#N)NCC)cc1. The van der Waals surface area contributed by atoms with Gasteiger partial charge in [0.05, 0.1) is 25.3 Å². The van der Waals surface area contributed by atoms with Crippen LogP contribution in [0.15, 0.2) is 24.3 Å². The number of hydrogen-bond acceptors (Lipinski definition) is 4. The molecule has 0 saturated carbocycles. The molecule has 0 aliphatic heterocycles. The van der Waals surface area contributed by atoms with Gasteiger partial charge < -0.3 is 14.8 Å². The minimum absolute atomic E-state index is 0.142. The van der Waals surface area contributed by atoms with E-state index in [1.54, 1.807) is 0 Å². The molecule has 19 heavy (non-hydrogen) atoms. The van der Waals surface area contributed by atoms with Crippen molar-refractivity contribution in [3.8, 4) is 17.6 Å². The van der Waals surface area contributed by atoms with Crippen molar-refractivity contribution < 1.29 is 9.47 Å². The van der Waals surface area contributed by atoms with Gasteiger partial charge in [0.15, 0.2) is 0 Å². The van der Waals surface area contributed by atoms with Gasteiger partial charge in [0.1, 0.15) is 11.5 Å². The van der Waals surface area contributed by atoms with Gasteiger partial charge in [-0.25, -0.2) is 0 Å². The van der Waals surface area contributed by atoms with E-state index in [1.165, 1.54) is 0 Å². The van der Waals surface area contributed by atoms with Gasteiger partial charge in [-0.2, -0.15) is 5.26 Å². The average molecular weight is 262 g/mol. The molecule has 1 aromatic carbocycles. The van der Waals surface area contributed by atoms with Gasteiger partial charge in [-0.05, 0) is 37.2 Å². The summed E-state index contributed by atoms with van der Waals surface area (Å²) in [4.78, 5) is 0. The van der Waals surface area contributed by atoms with Crippen LogP contribution in [0, 0.1) is 11.3 Å². The fourth-order valence-corrected chi connectivity index (χ4v) is 1.61. The third kappa shape index (κ3) is 6.12. The van der Waals surface area contributed by atoms with Crippen LogP contribution in [0.5, 0.6) is 11.5 Å². The van der Waals surface area contributed by atoms with Crippen LogP contribution in [-0.4, -0.2) is 25.8 Å². The normalized spacial score (nSPS) is 11.6. The molecule has 0 spiro atoms. The Hall–Kier alpha value is -1.73. The number of nitriles is 1. The smallest absolute Gasteiger partial charge is 0.119 e. The molecule has 0 saturated heterocycles. The molecule has 0 radical (unpaired) electrons. The minimum Gasteiger partial charge on any atom is -0.494 e. The topological polar surface area (TPSA) is 54.3 Å². The van der Waals surface area contributed by atoms with Gasteiger partial charge in [-0.1, -0.05) is 13.8 Å². The largest absolute Gasteiger partial charge is 0.494 e. The summed E-state index contributed by atoms with van der Waals surface area (Å²) in [5.41, 5.74) is 0. The molecule has 0 aliphatic rings. The Morgan fingerprint density at radius 3 is 2.16 bits per heavy atom. The summed E-state index contributed by atoms with van der Waals surface area (Å²) in [5, 5.41) is 12.0. The van der Waals surface area contributed by atoms with Gasteiger partial charge >= 0.3 is 0 Å². The van der Waals surface area contributed by atoms with Crippen LogP contribution in [0.25, 0.3) is 0 Å². The van der Waals surface area contributed by atoms with E-state index in [9.17, 15) is 0 Å². The number of hydrogen-bond donors (Lipinski definition) is 1. The highest BCUT2D eigenvalue weighted by atomic mass is 16.5. The molecule has 1 unspecified atom stereocenters. The van der Waals surface area contributed by atoms with Crippen LogP contribution in [0.1, 0.15) is 26.7 Å². The summed E-state index contributed by atoms with van der Waals surface area (Å²) >= 11 is 0. The van der Waals surface area contributed by atoms with E-state index in [-0.39, 0.29) is 6.04 Å². The van der Waals surface area contributed by atoms with Crippen LogP contribution < -0.4 is 14.8 Å². The second-order valence-electron chi connectivity index (χ2n) is 4.20. The standard InChI is InChI=1S/C15H22N2O2/c1-3-10-18-14-5-7-15(8-6-14)19-11-9-13(12-16)17-4-2/h5-8,13,17H,3-4,9-11H2,1-2H3. The van der Waals surface area contributed by atoms with Gasteiger partial charge in [0.2, 0.25) is 0 Å². The van der Waals surface area contributed by atoms with Crippen molar-refractivity contribution in [2.45, 2.75) is 32.7 Å². The summed E-state index contributed by atoms with van der Waals surface area (Å²) in [6.45, 7) is 6.11. The van der Waals surface area contributed by atoms with Crippen LogP contribution in [0.4, 0.5) is 0 Å². The predicted molar refractivity (Wildman–Crippen MR) is 75.4 cm³/mol. The first-order valence-electron chi connectivity index (χ1n) is 6.78. The van der Waals surface area contributed by atoms with E-state index < -0.39 is 0 Å². The number of rotatable bonds is 9. The van der Waals surface area contributed by atoms with E-state index in [0.717, 1.165) is 31.1 Å². The molecule has 0 bridgehead atoms. The second-order valence-corrected chi connectivity index (χ2v) is 4.20. The van der Waals surface area contributed by atoms with Crippen LogP contribution in [-0.2, 0) is 0 Å². The van der Waals surface area contributed by atoms with Crippen molar-refractivity contribution in [3.63, 3.8) is 0 Å². The average Bonchev–Trinajstić information content (AvgIpc) is 2.45. The molecule has 4 heteroatoms. The lowest BCUT2D eigenvalue weighted by Gasteiger charge is -2.11. The van der Waals surface area contributed by atoms with Crippen molar-refractivity contribution >= 4 is 0 Å². The molecule has 104 valence electrons. The number of benzene rings is 1. The van der Waals surface area contributed by atoms with Gasteiger partial charge in [0, 0.05) is 6.42 Å². The summed E-state index contributed by atoms with van der Waals surface area (Å²) in [6, 6.07) is 9.65. The highest BCUT2D eigenvalue weighted by molar-refractivity contribution is 5.31. The molecule has 1 N–H and O–H groups in total. The fraction of sp³-hybridized carbons (Fsp3) is 0.533. The van der Waals surface area contributed by atoms with Crippen molar-refractivity contribution in [2.24, 2.45) is 0 Å². The number of nitrogens with one attached hydrogen (secondary N) is 1. The van der Waals surface area contributed by atoms with Crippen molar-refractivity contribution in [1.29, 1.82) is 5.26 Å². The minimum atomic E-state index is -0.142. The molecule has 0 fully saturated rings. The van der Waals surface area contributed by atoms with E-state index >= 15 is 0 Å². The first-order valence-corrected chi connectivity index (χ1v) is 6.78. The van der Waals surface area contributed by atoms with E-state index in [0.29, 0.717) is 13.0 Å². The maximum atomic E-state index is 8.89. The van der Waals surface area contributed by atoms with Crippen molar-refractivity contribution in [3.05, 3.63) is 24.3 Å². The Kier molecular flexibility index (Phi) is 7.45. The fourth-order valence-electron chi connectivity index (χ4n) is 1.61. The Bertz CT molecular complexity index is 384. The Morgan fingerprint density at radius 1 is 1.11 bits per heavy atom. The van der Waals surface area contributed by atoms with Crippen molar-refractivity contribution in [2.75, 3.05) is 19.8 Å². The Labute approximate surface area is 115 Å². The summed E-state index contributed by atoms with van der Waals surface area (Å²) in [5.74, 6) is 1.66. The van der Waals surface area contributed by atoms with Crippen LogP contribution in [0.3, 0.4) is 0 Å². The zero-order chi connectivity index (χ0) is 13.9. The third-order valence-corrected chi connectivity index (χ3v) is 2.58. The summed E-state index contributed by atoms with van der Waals surface area (Å²) in [7, 11) is 0. The van der Waals surface area contributed by atoms with Gasteiger partial charge in [-0.15, -0.1) is 0 Å². The van der Waals surface area contributed by atoms with Gasteiger partial charge in [-0.3, -0.25) is 0 Å². The Morgan fingerprint density at radius 2 is 1.68 bits per heavy atom.